The van der Waals surface area contributed by atoms with Gasteiger partial charge >= 0.3 is 95.1 Å². The Hall–Kier alpha value is -1.74. The van der Waals surface area contributed by atoms with Crippen LogP contribution in [0.1, 0.15) is 0 Å². The van der Waals surface area contributed by atoms with E-state index in [1.165, 1.54) is 0 Å². The normalized spacial score (nSPS) is 17.0. The van der Waals surface area contributed by atoms with Crippen molar-refractivity contribution < 1.29 is 150 Å². The van der Waals surface area contributed by atoms with E-state index in [4.69, 9.17) is 0 Å². The molecule has 0 N–H and O–H groups in total. The van der Waals surface area contributed by atoms with Crippen molar-refractivity contribution in [2.24, 2.45) is 0 Å². The van der Waals surface area contributed by atoms with E-state index in [0.717, 1.165) is 9.78 Å². The third-order valence-corrected chi connectivity index (χ3v) is 6.85. The predicted molar refractivity (Wildman–Crippen MR) is 103 cm³/mol. The lowest BCUT2D eigenvalue weighted by atomic mass is 9.89. The molecule has 0 amide bonds. The van der Waals surface area contributed by atoms with E-state index >= 15 is 0 Å². The van der Waals surface area contributed by atoms with Crippen LogP contribution in [0.25, 0.3) is 0 Å². The van der Waals surface area contributed by atoms with Gasteiger partial charge in [0.05, 0.1) is 11.8 Å². The molecule has 0 aromatic heterocycles. The molecule has 0 saturated heterocycles. The van der Waals surface area contributed by atoms with Gasteiger partial charge in [-0.15, -0.1) is 23.2 Å². The van der Waals surface area contributed by atoms with Gasteiger partial charge in [-0.25, -0.2) is 0 Å². The molecule has 0 heterocycles. The Morgan fingerprint density at radius 3 is 0.500 bits per heavy atom. The summed E-state index contributed by atoms with van der Waals surface area (Å²) < 4.78 is 432. The van der Waals surface area contributed by atoms with Crippen LogP contribution in [0.2, 0.25) is 0 Å². The quantitative estimate of drug-likeness (QED) is 0.0556. The first kappa shape index (κ1) is 52.3. The van der Waals surface area contributed by atoms with Crippen molar-refractivity contribution in [3.05, 3.63) is 0 Å². The molecule has 0 aliphatic rings. The molecule has 0 rings (SSSR count). The van der Waals surface area contributed by atoms with Gasteiger partial charge in [0, 0.05) is 0 Å². The fourth-order valence-corrected chi connectivity index (χ4v) is 3.12. The summed E-state index contributed by atoms with van der Waals surface area (Å²) in [4.78, 5) is 1.89. The summed E-state index contributed by atoms with van der Waals surface area (Å²) in [6.07, 6.45) is -17.6. The van der Waals surface area contributed by atoms with Crippen molar-refractivity contribution in [3.8, 4) is 0 Å². The minimum Gasteiger partial charge on any atom is -0.198 e. The van der Waals surface area contributed by atoms with Gasteiger partial charge in [0.15, 0.2) is 0 Å². The van der Waals surface area contributed by atoms with Crippen LogP contribution in [0.3, 0.4) is 0 Å². The maximum Gasteiger partial charge on any atom is 0.452 e. The summed E-state index contributed by atoms with van der Waals surface area (Å²) >= 11 is 7.96. The SMILES string of the molecule is FC(F)(CCl)C(F)(F)C(F)(F)C(F)(F)C(F)(F)C(F)(F)C(F)(F)C(F)(F)OOC(F)(F)C(F)(F)C(F)(F)C(F)(F)C(F)(F)C(F)(F)C(F)(F)C(F)(F)CCl. The number of rotatable bonds is 19. The van der Waals surface area contributed by atoms with Gasteiger partial charge in [-0.2, -0.15) is 150 Å². The molecule has 0 aliphatic heterocycles. The molecule has 0 bridgehead atoms. The average molecular weight is 931 g/mol. The molecule has 0 aliphatic carbocycles. The molecule has 0 saturated carbocycles. The number of hydrogen-bond donors (Lipinski definition) is 0. The van der Waals surface area contributed by atoms with Gasteiger partial charge in [-0.1, -0.05) is 0 Å². The second-order valence-electron chi connectivity index (χ2n) is 9.77. The van der Waals surface area contributed by atoms with Crippen LogP contribution in [0.15, 0.2) is 0 Å². The molecule has 0 fully saturated rings. The third kappa shape index (κ3) is 6.47. The van der Waals surface area contributed by atoms with Crippen LogP contribution in [-0.4, -0.2) is 107 Å². The van der Waals surface area contributed by atoms with E-state index in [1.807, 2.05) is 0 Å². The van der Waals surface area contributed by atoms with Crippen molar-refractivity contribution in [2.75, 3.05) is 11.8 Å². The van der Waals surface area contributed by atoms with E-state index < -0.39 is 107 Å². The van der Waals surface area contributed by atoms with Crippen molar-refractivity contribution in [1.29, 1.82) is 0 Å². The molecule has 54 heavy (non-hydrogen) atoms. The first-order valence-electron chi connectivity index (χ1n) is 11.4. The fraction of sp³-hybridized carbons (Fsp3) is 1.00. The second kappa shape index (κ2) is 13.4. The lowest BCUT2D eigenvalue weighted by Crippen LogP contribution is -2.75. The molecule has 0 radical (unpaired) electrons. The zero-order chi connectivity index (χ0) is 44.8. The van der Waals surface area contributed by atoms with Crippen LogP contribution in [0.5, 0.6) is 0 Å². The molecule has 0 spiro atoms. The Balaban J connectivity index is 7.10. The first-order valence-corrected chi connectivity index (χ1v) is 12.4. The van der Waals surface area contributed by atoms with Gasteiger partial charge in [0.1, 0.15) is 0 Å². The van der Waals surface area contributed by atoms with Crippen molar-refractivity contribution in [1.82, 2.24) is 0 Å². The Kier molecular flexibility index (Phi) is 13.0. The van der Waals surface area contributed by atoms with Crippen molar-refractivity contribution in [3.63, 3.8) is 0 Å². The van der Waals surface area contributed by atoms with Crippen LogP contribution in [-0.2, 0) is 9.78 Å². The van der Waals surface area contributed by atoms with Crippen LogP contribution in [0, 0.1) is 0 Å². The van der Waals surface area contributed by atoms with E-state index in [0.29, 0.717) is 0 Å². The number of halogens is 34. The monoisotopic (exact) mass is 930 g/mol. The highest BCUT2D eigenvalue weighted by atomic mass is 35.5. The molecule has 326 valence electrons. The van der Waals surface area contributed by atoms with Gasteiger partial charge < -0.3 is 0 Å². The van der Waals surface area contributed by atoms with Gasteiger partial charge in [0.25, 0.3) is 0 Å². The fourth-order valence-electron chi connectivity index (χ4n) is 2.78. The van der Waals surface area contributed by atoms with Crippen molar-refractivity contribution >= 4 is 23.2 Å². The molecule has 0 aromatic carbocycles. The minimum atomic E-state index is -9.44. The maximum absolute atomic E-state index is 13.7. The number of alkyl halides is 34. The van der Waals surface area contributed by atoms with Crippen molar-refractivity contribution in [2.45, 2.75) is 95.1 Å². The van der Waals surface area contributed by atoms with Gasteiger partial charge in [-0.3, -0.25) is 0 Å². The highest BCUT2D eigenvalue weighted by Gasteiger charge is 2.97. The summed E-state index contributed by atoms with van der Waals surface area (Å²) in [5.74, 6) is -130. The standard InChI is InChI=1S/C18H4Cl2F32O2/c19-1-3(21,22)5(25,26)7(29,30)9(33,34)11(37,38)13(41,42)15(45,46)17(49,50)53-54-18(51,52)16(47,48)14(43,44)12(39,40)10(35,36)8(31,32)6(27,28)4(23,24)2-20/h1-2H2. The minimum absolute atomic E-state index is 0.946. The first-order chi connectivity index (χ1) is 22.8. The third-order valence-electron chi connectivity index (χ3n) is 6.18. The van der Waals surface area contributed by atoms with E-state index in [1.54, 1.807) is 0 Å². The van der Waals surface area contributed by atoms with Crippen LogP contribution < -0.4 is 0 Å². The van der Waals surface area contributed by atoms with Gasteiger partial charge in [-0.05, 0) is 0 Å². The summed E-state index contributed by atoms with van der Waals surface area (Å²) in [6, 6.07) is 0. The second-order valence-corrected chi connectivity index (χ2v) is 10.3. The van der Waals surface area contributed by atoms with E-state index in [-0.39, 0.29) is 0 Å². The molecule has 0 unspecified atom stereocenters. The van der Waals surface area contributed by atoms with Crippen LogP contribution >= 0.6 is 23.2 Å². The highest BCUT2D eigenvalue weighted by Crippen LogP contribution is 2.66. The van der Waals surface area contributed by atoms with Crippen LogP contribution in [0.4, 0.5) is 140 Å². The average Bonchev–Trinajstić information content (AvgIpc) is 2.98. The number of hydrogen-bond acceptors (Lipinski definition) is 2. The van der Waals surface area contributed by atoms with E-state index in [9.17, 15) is 140 Å². The molecule has 0 atom stereocenters. The summed E-state index contributed by atoms with van der Waals surface area (Å²) in [5.41, 5.74) is 0. The zero-order valence-corrected chi connectivity index (χ0v) is 24.6. The summed E-state index contributed by atoms with van der Waals surface area (Å²) in [5, 5.41) is 0. The lowest BCUT2D eigenvalue weighted by Gasteiger charge is -2.43. The Morgan fingerprint density at radius 1 is 0.222 bits per heavy atom. The summed E-state index contributed by atoms with van der Waals surface area (Å²) in [7, 11) is 0. The largest absolute Gasteiger partial charge is 0.452 e. The summed E-state index contributed by atoms with van der Waals surface area (Å²) in [6.45, 7) is 0. The molecular weight excluding hydrogens is 927 g/mol. The maximum atomic E-state index is 13.7. The lowest BCUT2D eigenvalue weighted by molar-refractivity contribution is -0.593. The zero-order valence-electron chi connectivity index (χ0n) is 23.1. The smallest absolute Gasteiger partial charge is 0.198 e. The predicted octanol–water partition coefficient (Wildman–Crippen LogP) is 11.5. The highest BCUT2D eigenvalue weighted by molar-refractivity contribution is 6.18. The molecular formula is C18H4Cl2F32O2. The Labute approximate surface area is 281 Å². The Bertz CT molecular complexity index is 1240. The van der Waals surface area contributed by atoms with E-state index in [2.05, 4.69) is 23.2 Å². The Morgan fingerprint density at radius 2 is 0.352 bits per heavy atom. The topological polar surface area (TPSA) is 18.5 Å². The molecule has 36 heteroatoms. The molecule has 0 aromatic rings. The van der Waals surface area contributed by atoms with Gasteiger partial charge in [0.2, 0.25) is 0 Å². The molecule has 2 nitrogen and oxygen atoms in total.